The summed E-state index contributed by atoms with van der Waals surface area (Å²) in [7, 11) is 0. The zero-order valence-corrected chi connectivity index (χ0v) is 21.2. The topological polar surface area (TPSA) is 52.4 Å². The second kappa shape index (κ2) is 17.3. The van der Waals surface area contributed by atoms with Gasteiger partial charge in [0.05, 0.1) is 0 Å². The van der Waals surface area contributed by atoms with Crippen LogP contribution in [0.4, 0.5) is 0 Å². The number of hydrogen-bond donors (Lipinski definition) is 0. The Hall–Kier alpha value is -0.370. The molecule has 0 heterocycles. The minimum absolute atomic E-state index is 0.392. The summed E-state index contributed by atoms with van der Waals surface area (Å²) in [5, 5.41) is 11.4. The van der Waals surface area contributed by atoms with Crippen LogP contribution in [0.2, 0.25) is 0 Å². The number of rotatable bonds is 22. The van der Waals surface area contributed by atoms with Crippen LogP contribution >= 0.6 is 6.83 Å². The molecule has 0 saturated heterocycles. The van der Waals surface area contributed by atoms with Crippen LogP contribution in [0, 0.1) is 10.1 Å². The van der Waals surface area contributed by atoms with Crippen LogP contribution in [-0.2, 0) is 4.62 Å². The molecule has 0 amide bonds. The molecule has 0 rings (SSSR count). The van der Waals surface area contributed by atoms with E-state index in [0.717, 1.165) is 50.3 Å². The maximum atomic E-state index is 11.8. The van der Waals surface area contributed by atoms with E-state index in [1.54, 1.807) is 0 Å². The average molecular weight is 434 g/mol. The Morgan fingerprint density at radius 2 is 0.828 bits per heavy atom. The summed E-state index contributed by atoms with van der Waals surface area (Å²) in [6.07, 6.45) is 22.8. The Bertz CT molecular complexity index is 344. The van der Waals surface area contributed by atoms with Gasteiger partial charge in [-0.1, -0.05) is 0 Å². The zero-order chi connectivity index (χ0) is 21.9. The predicted molar refractivity (Wildman–Crippen MR) is 131 cm³/mol. The van der Waals surface area contributed by atoms with Crippen molar-refractivity contribution in [3.8, 4) is 0 Å². The number of unbranched alkanes of at least 4 members (excludes halogenated alkanes) is 12. The molecule has 29 heavy (non-hydrogen) atoms. The summed E-state index contributed by atoms with van der Waals surface area (Å²) >= 11 is 0. The van der Waals surface area contributed by atoms with Crippen molar-refractivity contribution < 1.29 is 9.71 Å². The monoisotopic (exact) mass is 433 g/mol. The Labute approximate surface area is 182 Å². The first-order chi connectivity index (χ1) is 14.0. The zero-order valence-electron chi connectivity index (χ0n) is 20.3. The van der Waals surface area contributed by atoms with E-state index in [9.17, 15) is 10.1 Å². The summed E-state index contributed by atoms with van der Waals surface area (Å²) in [6.45, 7) is 6.11. The molecular formula is C24H52NO3P. The van der Waals surface area contributed by atoms with Crippen LogP contribution in [0.25, 0.3) is 0 Å². The Morgan fingerprint density at radius 3 is 1.03 bits per heavy atom. The average Bonchev–Trinajstić information content (AvgIpc) is 2.69. The van der Waals surface area contributed by atoms with Gasteiger partial charge in [-0.3, -0.25) is 0 Å². The molecule has 0 aromatic rings. The Balaban J connectivity index is 5.58. The van der Waals surface area contributed by atoms with Gasteiger partial charge >= 0.3 is 182 Å². The van der Waals surface area contributed by atoms with Crippen LogP contribution in [0.1, 0.15) is 130 Å². The van der Waals surface area contributed by atoms with Gasteiger partial charge in [0.15, 0.2) is 0 Å². The summed E-state index contributed by atoms with van der Waals surface area (Å²) in [5.74, 6) is 0. The third kappa shape index (κ3) is 12.8. The van der Waals surface area contributed by atoms with Gasteiger partial charge in [-0.25, -0.2) is 0 Å². The summed E-state index contributed by atoms with van der Waals surface area (Å²) < 4.78 is 6.00. The van der Waals surface area contributed by atoms with E-state index in [-0.39, 0.29) is 0 Å². The molecular weight excluding hydrogens is 381 g/mol. The second-order valence-electron chi connectivity index (χ2n) is 9.30. The molecule has 0 atom stereocenters. The fraction of sp³-hybridized carbons (Fsp3) is 1.00. The first-order valence-electron chi connectivity index (χ1n) is 12.8. The third-order valence-corrected chi connectivity index (χ3v) is 13.0. The first-order valence-corrected chi connectivity index (χ1v) is 15.7. The molecule has 0 bridgehead atoms. The molecule has 0 radical (unpaired) electrons. The summed E-state index contributed by atoms with van der Waals surface area (Å²) in [4.78, 5) is 11.8. The molecule has 0 spiro atoms. The van der Waals surface area contributed by atoms with Gasteiger partial charge in [-0.15, -0.1) is 0 Å². The molecule has 5 heteroatoms. The van der Waals surface area contributed by atoms with Crippen molar-refractivity contribution in [2.45, 2.75) is 130 Å². The molecule has 0 aromatic heterocycles. The summed E-state index contributed by atoms with van der Waals surface area (Å²) in [5.41, 5.74) is 0. The van der Waals surface area contributed by atoms with E-state index in [1.807, 2.05) is 0 Å². The van der Waals surface area contributed by atoms with Crippen LogP contribution in [0.15, 0.2) is 0 Å². The molecule has 0 N–H and O–H groups in total. The van der Waals surface area contributed by atoms with E-state index in [1.165, 1.54) is 77.0 Å². The molecule has 0 aliphatic heterocycles. The Kier molecular flexibility index (Phi) is 17.1. The van der Waals surface area contributed by atoms with Gasteiger partial charge in [0, 0.05) is 0 Å². The van der Waals surface area contributed by atoms with Crippen molar-refractivity contribution in [1.82, 2.24) is 0 Å². The van der Waals surface area contributed by atoms with Crippen molar-refractivity contribution in [2.75, 3.05) is 24.6 Å². The molecule has 0 fully saturated rings. The van der Waals surface area contributed by atoms with Gasteiger partial charge in [0.2, 0.25) is 0 Å². The van der Waals surface area contributed by atoms with Crippen molar-refractivity contribution in [3.05, 3.63) is 10.1 Å². The molecule has 0 aliphatic rings. The van der Waals surface area contributed by atoms with Crippen LogP contribution in [-0.4, -0.2) is 29.7 Å². The Morgan fingerprint density at radius 1 is 0.552 bits per heavy atom. The van der Waals surface area contributed by atoms with E-state index >= 15 is 0 Å². The number of hydrogen-bond acceptors (Lipinski definition) is 3. The molecule has 0 aliphatic carbocycles. The molecule has 176 valence electrons. The van der Waals surface area contributed by atoms with E-state index in [0.29, 0.717) is 0 Å². The van der Waals surface area contributed by atoms with Gasteiger partial charge in [0.25, 0.3) is 0 Å². The van der Waals surface area contributed by atoms with Gasteiger partial charge in [-0.2, -0.15) is 0 Å². The molecule has 0 unspecified atom stereocenters. The van der Waals surface area contributed by atoms with E-state index < -0.39 is 11.9 Å². The van der Waals surface area contributed by atoms with Crippen LogP contribution in [0.5, 0.6) is 0 Å². The third-order valence-electron chi connectivity index (χ3n) is 6.61. The standard InChI is InChI=1S/C24H52NO3P/c1-5-9-13-17-21-29(28-25(26)27,22-18-14-10-6-2,23-19-15-11-7-3)24-20-16-12-8-4/h5-24H2,1-4H3. The maximum absolute atomic E-state index is 11.8. The van der Waals surface area contributed by atoms with E-state index in [2.05, 4.69) is 27.7 Å². The fourth-order valence-electron chi connectivity index (χ4n) is 4.78. The van der Waals surface area contributed by atoms with Gasteiger partial charge < -0.3 is 0 Å². The van der Waals surface area contributed by atoms with Crippen LogP contribution in [0.3, 0.4) is 0 Å². The molecule has 4 nitrogen and oxygen atoms in total. The SMILES string of the molecule is CCCCCCP(CCCCCC)(CCCCCC)(CCCCCC)O[N+](=O)[O-]. The van der Waals surface area contributed by atoms with Crippen molar-refractivity contribution in [3.63, 3.8) is 0 Å². The fourth-order valence-corrected chi connectivity index (χ4v) is 10.9. The minimum atomic E-state index is -2.81. The van der Waals surface area contributed by atoms with Crippen molar-refractivity contribution in [2.24, 2.45) is 0 Å². The predicted octanol–water partition coefficient (Wildman–Crippen LogP) is 8.98. The van der Waals surface area contributed by atoms with Crippen molar-refractivity contribution >= 4 is 6.83 Å². The van der Waals surface area contributed by atoms with Gasteiger partial charge in [-0.05, 0) is 0 Å². The quantitative estimate of drug-likeness (QED) is 0.0740. The van der Waals surface area contributed by atoms with Crippen molar-refractivity contribution in [1.29, 1.82) is 0 Å². The molecule has 0 saturated carbocycles. The van der Waals surface area contributed by atoms with E-state index in [4.69, 9.17) is 4.62 Å². The normalized spacial score (nSPS) is 13.2. The second-order valence-corrected chi connectivity index (χ2v) is 15.0. The summed E-state index contributed by atoms with van der Waals surface area (Å²) in [6, 6.07) is 0. The molecule has 0 aromatic carbocycles. The van der Waals surface area contributed by atoms with Gasteiger partial charge in [0.1, 0.15) is 0 Å². The number of nitrogens with zero attached hydrogens (tertiary/aromatic N) is 1. The first kappa shape index (κ1) is 28.6. The van der Waals surface area contributed by atoms with Crippen LogP contribution < -0.4 is 0 Å².